The molecule has 6 rings (SSSR count). The number of aromatic carboxylic acids is 1. The number of nitrogens with zero attached hydrogens (tertiary/aromatic N) is 3. The Balaban J connectivity index is 1.44. The number of rotatable bonds is 5. The molecule has 6 aromatic rings. The van der Waals surface area contributed by atoms with Crippen molar-refractivity contribution in [3.05, 3.63) is 113 Å². The molecule has 0 amide bonds. The van der Waals surface area contributed by atoms with E-state index in [9.17, 15) is 14.7 Å². The molecule has 8 nitrogen and oxygen atoms in total. The van der Waals surface area contributed by atoms with Crippen LogP contribution in [0.25, 0.3) is 44.8 Å². The van der Waals surface area contributed by atoms with Crippen LogP contribution in [0.3, 0.4) is 0 Å². The second-order valence-electron chi connectivity index (χ2n) is 8.05. The van der Waals surface area contributed by atoms with Gasteiger partial charge in [0, 0.05) is 10.9 Å². The summed E-state index contributed by atoms with van der Waals surface area (Å²) in [7, 11) is 0. The third-order valence-electron chi connectivity index (χ3n) is 5.72. The van der Waals surface area contributed by atoms with Gasteiger partial charge in [-0.15, -0.1) is 0 Å². The van der Waals surface area contributed by atoms with Gasteiger partial charge in [-0.2, -0.15) is 9.78 Å². The molecule has 36 heavy (non-hydrogen) atoms. The van der Waals surface area contributed by atoms with Gasteiger partial charge in [0.15, 0.2) is 5.76 Å². The molecule has 0 unspecified atom stereocenters. The van der Waals surface area contributed by atoms with Crippen molar-refractivity contribution < 1.29 is 18.7 Å². The highest BCUT2D eigenvalue weighted by Crippen LogP contribution is 2.27. The zero-order valence-electron chi connectivity index (χ0n) is 18.7. The molecule has 0 bridgehead atoms. The van der Waals surface area contributed by atoms with E-state index >= 15 is 0 Å². The van der Waals surface area contributed by atoms with Gasteiger partial charge in [-0.1, -0.05) is 42.5 Å². The smallest absolute Gasteiger partial charge is 0.335 e. The molecule has 1 N–H and O–H groups in total. The molecular formula is C28H17N3O5. The van der Waals surface area contributed by atoms with Crippen molar-refractivity contribution >= 4 is 34.1 Å². The SMILES string of the molecule is O=C(O)c1cccc(-c2ccc(C=Nn3c(-c4cc5ccccc5o4)nc4ccccc4c3=O)o2)c1. The average Bonchev–Trinajstić information content (AvgIpc) is 3.55. The highest BCUT2D eigenvalue weighted by molar-refractivity contribution is 5.89. The fraction of sp³-hybridized carbons (Fsp3) is 0. The van der Waals surface area contributed by atoms with Crippen LogP contribution in [0.1, 0.15) is 16.1 Å². The van der Waals surface area contributed by atoms with E-state index in [2.05, 4.69) is 10.1 Å². The first-order valence-electron chi connectivity index (χ1n) is 11.1. The second-order valence-corrected chi connectivity index (χ2v) is 8.05. The number of carbonyl (C=O) groups is 1. The van der Waals surface area contributed by atoms with Crippen LogP contribution in [0, 0.1) is 0 Å². The maximum Gasteiger partial charge on any atom is 0.335 e. The van der Waals surface area contributed by atoms with Gasteiger partial charge >= 0.3 is 5.97 Å². The van der Waals surface area contributed by atoms with E-state index < -0.39 is 5.97 Å². The van der Waals surface area contributed by atoms with E-state index in [1.807, 2.05) is 36.4 Å². The molecule has 0 aliphatic rings. The summed E-state index contributed by atoms with van der Waals surface area (Å²) in [5, 5.41) is 14.9. The monoisotopic (exact) mass is 475 g/mol. The lowest BCUT2D eigenvalue weighted by Crippen LogP contribution is -2.20. The number of furan rings is 2. The summed E-state index contributed by atoms with van der Waals surface area (Å²) < 4.78 is 13.0. The topological polar surface area (TPSA) is 111 Å². The Kier molecular flexibility index (Phi) is 5.04. The van der Waals surface area contributed by atoms with Crippen LogP contribution in [0.2, 0.25) is 0 Å². The summed E-state index contributed by atoms with van der Waals surface area (Å²) in [5.74, 6) is 0.489. The molecule has 174 valence electrons. The van der Waals surface area contributed by atoms with Crippen molar-refractivity contribution in [2.45, 2.75) is 0 Å². The van der Waals surface area contributed by atoms with Gasteiger partial charge in [0.25, 0.3) is 5.56 Å². The van der Waals surface area contributed by atoms with Crippen molar-refractivity contribution in [3.8, 4) is 22.9 Å². The highest BCUT2D eigenvalue weighted by atomic mass is 16.4. The molecule has 0 aliphatic heterocycles. The highest BCUT2D eigenvalue weighted by Gasteiger charge is 2.16. The first-order valence-corrected chi connectivity index (χ1v) is 11.1. The van der Waals surface area contributed by atoms with Crippen molar-refractivity contribution in [2.24, 2.45) is 5.10 Å². The zero-order chi connectivity index (χ0) is 24.6. The lowest BCUT2D eigenvalue weighted by Gasteiger charge is -2.06. The van der Waals surface area contributed by atoms with E-state index in [1.54, 1.807) is 42.5 Å². The van der Waals surface area contributed by atoms with Gasteiger partial charge in [0.1, 0.15) is 17.1 Å². The minimum absolute atomic E-state index is 0.156. The second kappa shape index (κ2) is 8.52. The third kappa shape index (κ3) is 3.76. The zero-order valence-corrected chi connectivity index (χ0v) is 18.7. The van der Waals surface area contributed by atoms with Crippen LogP contribution < -0.4 is 5.56 Å². The van der Waals surface area contributed by atoms with Crippen LogP contribution in [0.15, 0.2) is 110 Å². The molecule has 0 fully saturated rings. The quantitative estimate of drug-likeness (QED) is 0.323. The molecule has 8 heteroatoms. The molecule has 0 saturated carbocycles. The van der Waals surface area contributed by atoms with Gasteiger partial charge < -0.3 is 13.9 Å². The number of hydrogen-bond donors (Lipinski definition) is 1. The van der Waals surface area contributed by atoms with Gasteiger partial charge in [-0.05, 0) is 48.5 Å². The molecule has 0 radical (unpaired) electrons. The van der Waals surface area contributed by atoms with Crippen LogP contribution >= 0.6 is 0 Å². The van der Waals surface area contributed by atoms with Gasteiger partial charge in [-0.25, -0.2) is 9.78 Å². The van der Waals surface area contributed by atoms with E-state index in [1.165, 1.54) is 23.0 Å². The average molecular weight is 475 g/mol. The lowest BCUT2D eigenvalue weighted by atomic mass is 10.1. The van der Waals surface area contributed by atoms with Crippen LogP contribution in [-0.4, -0.2) is 27.0 Å². The number of carboxylic acid groups (broad SMARTS) is 1. The molecule has 0 aliphatic carbocycles. The van der Waals surface area contributed by atoms with E-state index in [0.29, 0.717) is 39.3 Å². The maximum absolute atomic E-state index is 13.4. The first kappa shape index (κ1) is 21.3. The molecule has 0 atom stereocenters. The molecule has 0 saturated heterocycles. The summed E-state index contributed by atoms with van der Waals surface area (Å²) >= 11 is 0. The lowest BCUT2D eigenvalue weighted by molar-refractivity contribution is 0.0697. The number of fused-ring (bicyclic) bond motifs is 2. The Bertz CT molecular complexity index is 1830. The van der Waals surface area contributed by atoms with Crippen LogP contribution in [0.5, 0.6) is 0 Å². The van der Waals surface area contributed by atoms with E-state index in [4.69, 9.17) is 8.83 Å². The summed E-state index contributed by atoms with van der Waals surface area (Å²) in [6.45, 7) is 0. The van der Waals surface area contributed by atoms with E-state index in [0.717, 1.165) is 5.39 Å². The standard InChI is InChI=1S/C28H17N3O5/c32-27-21-9-2-3-10-22(21)30-26(25-15-18-6-1-4-11-23(18)36-25)31(27)29-16-20-12-13-24(35-20)17-7-5-8-19(14-17)28(33)34/h1-16H,(H,33,34). The number of para-hydroxylation sites is 2. The number of aromatic nitrogens is 2. The van der Waals surface area contributed by atoms with Crippen molar-refractivity contribution in [2.75, 3.05) is 0 Å². The Morgan fingerprint density at radius 1 is 0.889 bits per heavy atom. The van der Waals surface area contributed by atoms with Crippen LogP contribution in [-0.2, 0) is 0 Å². The number of hydrogen-bond acceptors (Lipinski definition) is 6. The number of benzene rings is 3. The Labute approximate surface area is 203 Å². The third-order valence-corrected chi connectivity index (χ3v) is 5.72. The van der Waals surface area contributed by atoms with Crippen molar-refractivity contribution in [3.63, 3.8) is 0 Å². The van der Waals surface area contributed by atoms with Gasteiger partial charge in [-0.3, -0.25) is 4.79 Å². The molecular weight excluding hydrogens is 458 g/mol. The molecule has 3 heterocycles. The minimum atomic E-state index is -1.02. The summed E-state index contributed by atoms with van der Waals surface area (Å²) in [5.41, 5.74) is 1.62. The van der Waals surface area contributed by atoms with Gasteiger partial charge in [0.2, 0.25) is 5.82 Å². The predicted octanol–water partition coefficient (Wildman–Crippen LogP) is 5.65. The van der Waals surface area contributed by atoms with E-state index in [-0.39, 0.29) is 16.9 Å². The Morgan fingerprint density at radius 3 is 2.58 bits per heavy atom. The molecule has 3 aromatic heterocycles. The van der Waals surface area contributed by atoms with Gasteiger partial charge in [0.05, 0.1) is 22.7 Å². The fourth-order valence-corrected chi connectivity index (χ4v) is 3.98. The van der Waals surface area contributed by atoms with Crippen LogP contribution in [0.4, 0.5) is 0 Å². The normalized spacial score (nSPS) is 11.6. The summed E-state index contributed by atoms with van der Waals surface area (Å²) in [6.07, 6.45) is 1.41. The maximum atomic E-state index is 13.4. The van der Waals surface area contributed by atoms with Crippen molar-refractivity contribution in [1.82, 2.24) is 9.66 Å². The minimum Gasteiger partial charge on any atom is -0.478 e. The first-order chi connectivity index (χ1) is 17.6. The Hall–Kier alpha value is -5.24. The fourth-order valence-electron chi connectivity index (χ4n) is 3.98. The summed E-state index contributed by atoms with van der Waals surface area (Å²) in [4.78, 5) is 29.3. The molecule has 0 spiro atoms. The largest absolute Gasteiger partial charge is 0.478 e. The number of carboxylic acids is 1. The van der Waals surface area contributed by atoms with Crippen molar-refractivity contribution in [1.29, 1.82) is 0 Å². The Morgan fingerprint density at radius 2 is 1.72 bits per heavy atom. The summed E-state index contributed by atoms with van der Waals surface area (Å²) in [6, 6.07) is 26.2. The predicted molar refractivity (Wildman–Crippen MR) is 135 cm³/mol. The molecule has 3 aromatic carbocycles.